The van der Waals surface area contributed by atoms with Crippen molar-refractivity contribution in [1.82, 2.24) is 10.6 Å². The molecular formula is C23H30N2O4. The van der Waals surface area contributed by atoms with Gasteiger partial charge in [0.1, 0.15) is 11.6 Å². The van der Waals surface area contributed by atoms with Crippen LogP contribution in [0.2, 0.25) is 0 Å². The number of rotatable bonds is 9. The van der Waals surface area contributed by atoms with E-state index >= 15 is 0 Å². The molecule has 2 rings (SSSR count). The van der Waals surface area contributed by atoms with Gasteiger partial charge in [-0.2, -0.15) is 0 Å². The summed E-state index contributed by atoms with van der Waals surface area (Å²) in [5.41, 5.74) is 1.38. The number of ether oxygens (including phenoxy) is 1. The fourth-order valence-corrected chi connectivity index (χ4v) is 2.93. The maximum Gasteiger partial charge on any atom is 0.407 e. The van der Waals surface area contributed by atoms with Gasteiger partial charge < -0.3 is 20.5 Å². The predicted molar refractivity (Wildman–Crippen MR) is 113 cm³/mol. The number of nitrogens with one attached hydrogen (secondary N) is 2. The van der Waals surface area contributed by atoms with Gasteiger partial charge in [-0.05, 0) is 44.7 Å². The van der Waals surface area contributed by atoms with E-state index in [9.17, 15) is 14.7 Å². The molecule has 0 saturated heterocycles. The second kappa shape index (κ2) is 10.6. The van der Waals surface area contributed by atoms with Crippen molar-refractivity contribution in [3.05, 3.63) is 71.8 Å². The number of carboxylic acids is 1. The van der Waals surface area contributed by atoms with Crippen LogP contribution in [0.4, 0.5) is 4.79 Å². The van der Waals surface area contributed by atoms with Gasteiger partial charge >= 0.3 is 12.1 Å². The molecule has 0 aliphatic rings. The molecule has 156 valence electrons. The van der Waals surface area contributed by atoms with Crippen LogP contribution in [0, 0.1) is 0 Å². The number of aliphatic carboxylic acids is 1. The number of amides is 1. The third-order valence-corrected chi connectivity index (χ3v) is 4.24. The number of hydrogen-bond acceptors (Lipinski definition) is 4. The van der Waals surface area contributed by atoms with Crippen molar-refractivity contribution in [3.63, 3.8) is 0 Å². The number of carbonyl (C=O) groups excluding carboxylic acids is 1. The van der Waals surface area contributed by atoms with E-state index in [2.05, 4.69) is 10.6 Å². The van der Waals surface area contributed by atoms with E-state index in [1.807, 2.05) is 60.7 Å². The summed E-state index contributed by atoms with van der Waals surface area (Å²) >= 11 is 0. The molecule has 2 aromatic carbocycles. The number of benzene rings is 2. The Morgan fingerprint density at radius 1 is 0.931 bits per heavy atom. The van der Waals surface area contributed by atoms with Crippen LogP contribution < -0.4 is 10.6 Å². The van der Waals surface area contributed by atoms with Gasteiger partial charge in [0.2, 0.25) is 0 Å². The van der Waals surface area contributed by atoms with Gasteiger partial charge in [-0.25, -0.2) is 4.79 Å². The Labute approximate surface area is 172 Å². The summed E-state index contributed by atoms with van der Waals surface area (Å²) in [5, 5.41) is 15.5. The van der Waals surface area contributed by atoms with Gasteiger partial charge in [-0.3, -0.25) is 4.79 Å². The van der Waals surface area contributed by atoms with E-state index in [0.717, 1.165) is 11.1 Å². The topological polar surface area (TPSA) is 87.7 Å². The molecule has 2 atom stereocenters. The summed E-state index contributed by atoms with van der Waals surface area (Å²) in [6.07, 6.45) is 0.404. The molecule has 3 N–H and O–H groups in total. The standard InChI is InChI=1S/C23H30N2O4/c1-23(2,3)29-22(28)25-19(14-17-10-6-4-7-11-17)16-24-20(21(26)27)15-18-12-8-5-9-13-18/h4-13,19-20,24H,14-16H2,1-3H3,(H,25,28)(H,26,27)/t19?,20-/m0/s1. The fourth-order valence-electron chi connectivity index (χ4n) is 2.93. The van der Waals surface area contributed by atoms with Crippen LogP contribution in [-0.2, 0) is 22.4 Å². The molecule has 6 nitrogen and oxygen atoms in total. The van der Waals surface area contributed by atoms with Crippen molar-refractivity contribution in [2.24, 2.45) is 0 Å². The first kappa shape index (κ1) is 22.4. The molecule has 2 aromatic rings. The van der Waals surface area contributed by atoms with Crippen LogP contribution in [-0.4, -0.2) is 41.4 Å². The summed E-state index contributed by atoms with van der Waals surface area (Å²) in [5.74, 6) is -0.926. The third kappa shape index (κ3) is 8.79. The van der Waals surface area contributed by atoms with Crippen LogP contribution in [0.25, 0.3) is 0 Å². The zero-order valence-electron chi connectivity index (χ0n) is 17.2. The highest BCUT2D eigenvalue weighted by molar-refractivity contribution is 5.74. The summed E-state index contributed by atoms with van der Waals surface area (Å²) in [6, 6.07) is 18.1. The normalized spacial score (nSPS) is 13.3. The number of carboxylic acid groups (broad SMARTS) is 1. The number of carbonyl (C=O) groups is 2. The van der Waals surface area contributed by atoms with Crippen molar-refractivity contribution < 1.29 is 19.4 Å². The Balaban J connectivity index is 2.04. The summed E-state index contributed by atoms with van der Waals surface area (Å²) < 4.78 is 5.36. The van der Waals surface area contributed by atoms with Gasteiger partial charge in [-0.1, -0.05) is 60.7 Å². The van der Waals surface area contributed by atoms with Crippen molar-refractivity contribution in [1.29, 1.82) is 0 Å². The Hall–Kier alpha value is -2.86. The molecule has 0 fully saturated rings. The molecule has 0 bridgehead atoms. The predicted octanol–water partition coefficient (Wildman–Crippen LogP) is 3.41. The van der Waals surface area contributed by atoms with Crippen LogP contribution in [0.1, 0.15) is 31.9 Å². The Morgan fingerprint density at radius 2 is 1.45 bits per heavy atom. The quantitative estimate of drug-likeness (QED) is 0.603. The van der Waals surface area contributed by atoms with Crippen molar-refractivity contribution >= 4 is 12.1 Å². The smallest absolute Gasteiger partial charge is 0.407 e. The Morgan fingerprint density at radius 3 is 1.93 bits per heavy atom. The first-order valence-electron chi connectivity index (χ1n) is 9.76. The fraction of sp³-hybridized carbons (Fsp3) is 0.391. The minimum atomic E-state index is -0.926. The summed E-state index contributed by atoms with van der Waals surface area (Å²) in [7, 11) is 0. The summed E-state index contributed by atoms with van der Waals surface area (Å²) in [4.78, 5) is 24.0. The van der Waals surface area contributed by atoms with Gasteiger partial charge in [-0.15, -0.1) is 0 Å². The van der Waals surface area contributed by atoms with Crippen molar-refractivity contribution in [2.45, 2.75) is 51.3 Å². The van der Waals surface area contributed by atoms with Crippen molar-refractivity contribution in [3.8, 4) is 0 Å². The average molecular weight is 399 g/mol. The highest BCUT2D eigenvalue weighted by atomic mass is 16.6. The van der Waals surface area contributed by atoms with Crippen LogP contribution in [0.3, 0.4) is 0 Å². The minimum Gasteiger partial charge on any atom is -0.480 e. The lowest BCUT2D eigenvalue weighted by molar-refractivity contribution is -0.139. The molecule has 6 heteroatoms. The maximum atomic E-state index is 12.3. The molecule has 0 radical (unpaired) electrons. The van der Waals surface area contributed by atoms with Crippen LogP contribution in [0.15, 0.2) is 60.7 Å². The first-order valence-corrected chi connectivity index (χ1v) is 9.76. The maximum absolute atomic E-state index is 12.3. The van der Waals surface area contributed by atoms with E-state index in [0.29, 0.717) is 19.4 Å². The highest BCUT2D eigenvalue weighted by Gasteiger charge is 2.23. The van der Waals surface area contributed by atoms with E-state index in [1.54, 1.807) is 20.8 Å². The number of hydrogen-bond donors (Lipinski definition) is 3. The number of alkyl carbamates (subject to hydrolysis) is 1. The zero-order valence-corrected chi connectivity index (χ0v) is 17.2. The lowest BCUT2D eigenvalue weighted by Gasteiger charge is -2.25. The lowest BCUT2D eigenvalue weighted by Crippen LogP contribution is -2.49. The monoisotopic (exact) mass is 398 g/mol. The Bertz CT molecular complexity index is 772. The molecule has 0 aliphatic carbocycles. The minimum absolute atomic E-state index is 0.304. The molecular weight excluding hydrogens is 368 g/mol. The molecule has 0 saturated carbocycles. The molecule has 1 unspecified atom stereocenters. The van der Waals surface area contributed by atoms with Crippen molar-refractivity contribution in [2.75, 3.05) is 6.54 Å². The van der Waals surface area contributed by atoms with E-state index in [1.165, 1.54) is 0 Å². The molecule has 29 heavy (non-hydrogen) atoms. The van der Waals surface area contributed by atoms with Gasteiger partial charge in [0.25, 0.3) is 0 Å². The third-order valence-electron chi connectivity index (χ3n) is 4.24. The molecule has 0 aliphatic heterocycles. The SMILES string of the molecule is CC(C)(C)OC(=O)NC(CN[C@@H](Cc1ccccc1)C(=O)O)Cc1ccccc1. The van der Waals surface area contributed by atoms with E-state index < -0.39 is 23.7 Å². The second-order valence-corrected chi connectivity index (χ2v) is 8.02. The largest absolute Gasteiger partial charge is 0.480 e. The van der Waals surface area contributed by atoms with Gasteiger partial charge in [0.05, 0.1) is 0 Å². The van der Waals surface area contributed by atoms with Crippen LogP contribution >= 0.6 is 0 Å². The lowest BCUT2D eigenvalue weighted by atomic mass is 10.0. The molecule has 0 heterocycles. The highest BCUT2D eigenvalue weighted by Crippen LogP contribution is 2.09. The molecule has 1 amide bonds. The molecule has 0 aromatic heterocycles. The molecule has 0 spiro atoms. The second-order valence-electron chi connectivity index (χ2n) is 8.02. The van der Waals surface area contributed by atoms with E-state index in [-0.39, 0.29) is 6.04 Å². The first-order chi connectivity index (χ1) is 13.7. The Kier molecular flexibility index (Phi) is 8.21. The summed E-state index contributed by atoms with van der Waals surface area (Å²) in [6.45, 7) is 5.71. The van der Waals surface area contributed by atoms with Gasteiger partial charge in [0.15, 0.2) is 0 Å². The van der Waals surface area contributed by atoms with Gasteiger partial charge in [0, 0.05) is 12.6 Å². The zero-order chi connectivity index (χ0) is 21.3. The van der Waals surface area contributed by atoms with Crippen LogP contribution in [0.5, 0.6) is 0 Å². The average Bonchev–Trinajstić information content (AvgIpc) is 2.64. The van der Waals surface area contributed by atoms with E-state index in [4.69, 9.17) is 4.74 Å².